The van der Waals surface area contributed by atoms with Crippen LogP contribution in [0, 0.1) is 0 Å². The fourth-order valence-electron chi connectivity index (χ4n) is 1.69. The number of carbonyl (C=O) groups is 2. The van der Waals surface area contributed by atoms with Crippen molar-refractivity contribution in [1.82, 2.24) is 0 Å². The van der Waals surface area contributed by atoms with Gasteiger partial charge in [0, 0.05) is 10.9 Å². The molecule has 0 fully saturated rings. The van der Waals surface area contributed by atoms with Crippen molar-refractivity contribution in [2.75, 3.05) is 18.4 Å². The average molecular weight is 345 g/mol. The lowest BCUT2D eigenvalue weighted by molar-refractivity contribution is -0.684. The van der Waals surface area contributed by atoms with Gasteiger partial charge < -0.3 is 26.3 Å². The molecule has 0 spiro atoms. The minimum atomic E-state index is -1.23. The third-order valence-electron chi connectivity index (χ3n) is 2.76. The second-order valence-corrected chi connectivity index (χ2v) is 5.24. The van der Waals surface area contributed by atoms with Crippen LogP contribution < -0.4 is 21.5 Å². The summed E-state index contributed by atoms with van der Waals surface area (Å²) in [6.45, 7) is 1.35. The molecule has 1 aromatic rings. The molecule has 0 aliphatic carbocycles. The molecule has 6 nitrogen and oxygen atoms in total. The maximum Gasteiger partial charge on any atom is 0.230 e. The highest BCUT2D eigenvalue weighted by atomic mass is 79.9. The van der Waals surface area contributed by atoms with Crippen molar-refractivity contribution in [3.63, 3.8) is 0 Å². The molecule has 0 heterocycles. The molecule has 0 saturated heterocycles. The number of quaternary nitrogens is 2. The maximum atomic E-state index is 11.9. The molecule has 1 rings (SSSR count). The molecular weight excluding hydrogens is 326 g/mol. The minimum Gasteiger partial charge on any atom is -0.544 e. The van der Waals surface area contributed by atoms with E-state index in [9.17, 15) is 14.7 Å². The van der Waals surface area contributed by atoms with Gasteiger partial charge in [0.2, 0.25) is 5.91 Å². The monoisotopic (exact) mass is 344 g/mol. The van der Waals surface area contributed by atoms with Crippen LogP contribution in [0.5, 0.6) is 0 Å². The Morgan fingerprint density at radius 2 is 2.10 bits per heavy atom. The van der Waals surface area contributed by atoms with Crippen LogP contribution >= 0.6 is 15.9 Å². The molecule has 7 heteroatoms. The third-order valence-corrected chi connectivity index (χ3v) is 3.45. The van der Waals surface area contributed by atoms with E-state index < -0.39 is 12.0 Å². The number of aliphatic carboxylic acids is 1. The number of nitrogens with one attached hydrogen (secondary N) is 1. The number of benzene rings is 1. The van der Waals surface area contributed by atoms with E-state index in [-0.39, 0.29) is 12.3 Å². The summed E-state index contributed by atoms with van der Waals surface area (Å²) < 4.78 is 0.749. The van der Waals surface area contributed by atoms with E-state index in [2.05, 4.69) is 27.0 Å². The van der Waals surface area contributed by atoms with Crippen molar-refractivity contribution >= 4 is 33.5 Å². The molecule has 1 aromatic carbocycles. The van der Waals surface area contributed by atoms with Gasteiger partial charge in [0.15, 0.2) is 0 Å². The molecule has 0 aliphatic rings. The van der Waals surface area contributed by atoms with Crippen LogP contribution in [0.2, 0.25) is 0 Å². The third kappa shape index (κ3) is 5.68. The molecule has 0 aromatic heterocycles. The minimum absolute atomic E-state index is 0.124. The molecule has 0 radical (unpaired) electrons. The van der Waals surface area contributed by atoms with E-state index in [1.165, 1.54) is 0 Å². The SMILES string of the molecule is [NH3+]CCC[NH2+][C@@H](CC(=O)Nc1ccccc1Br)C(=O)[O-]. The topological polar surface area (TPSA) is 113 Å². The lowest BCUT2D eigenvalue weighted by atomic mass is 10.2. The first-order valence-corrected chi connectivity index (χ1v) is 7.21. The largest absolute Gasteiger partial charge is 0.544 e. The predicted molar refractivity (Wildman–Crippen MR) is 75.3 cm³/mol. The fourth-order valence-corrected chi connectivity index (χ4v) is 2.07. The number of halogens is 1. The summed E-state index contributed by atoms with van der Waals surface area (Å²) in [6.07, 6.45) is 0.677. The van der Waals surface area contributed by atoms with Gasteiger partial charge in [-0.25, -0.2) is 0 Å². The van der Waals surface area contributed by atoms with Gasteiger partial charge in [-0.1, -0.05) is 12.1 Å². The van der Waals surface area contributed by atoms with Gasteiger partial charge in [0.25, 0.3) is 0 Å². The summed E-state index contributed by atoms with van der Waals surface area (Å²) in [4.78, 5) is 22.9. The Labute approximate surface area is 125 Å². The lowest BCUT2D eigenvalue weighted by Gasteiger charge is -2.16. The highest BCUT2D eigenvalue weighted by Crippen LogP contribution is 2.21. The van der Waals surface area contributed by atoms with Crippen molar-refractivity contribution in [1.29, 1.82) is 0 Å². The van der Waals surface area contributed by atoms with E-state index in [1.54, 1.807) is 23.5 Å². The number of rotatable bonds is 8. The number of carboxylic acid groups (broad SMARTS) is 1. The summed E-state index contributed by atoms with van der Waals surface area (Å²) in [7, 11) is 0. The van der Waals surface area contributed by atoms with Crippen molar-refractivity contribution < 1.29 is 25.7 Å². The van der Waals surface area contributed by atoms with E-state index in [0.717, 1.165) is 17.4 Å². The molecule has 0 bridgehead atoms. The number of carboxylic acids is 1. The summed E-state index contributed by atoms with van der Waals surface area (Å²) in [6, 6.07) is 6.28. The second kappa shape index (κ2) is 8.68. The first-order chi connectivity index (χ1) is 9.54. The molecule has 0 aliphatic heterocycles. The Morgan fingerprint density at radius 1 is 1.40 bits per heavy atom. The number of para-hydroxylation sites is 1. The van der Waals surface area contributed by atoms with Gasteiger partial charge in [-0.05, 0) is 28.1 Å². The van der Waals surface area contributed by atoms with Crippen LogP contribution in [-0.4, -0.2) is 31.0 Å². The van der Waals surface area contributed by atoms with Crippen molar-refractivity contribution in [2.45, 2.75) is 18.9 Å². The van der Waals surface area contributed by atoms with E-state index in [1.807, 2.05) is 6.07 Å². The molecule has 6 N–H and O–H groups in total. The van der Waals surface area contributed by atoms with Crippen LogP contribution in [0.3, 0.4) is 0 Å². The number of nitrogens with two attached hydrogens (primary N) is 1. The van der Waals surface area contributed by atoms with Gasteiger partial charge >= 0.3 is 0 Å². The van der Waals surface area contributed by atoms with Crippen LogP contribution in [0.1, 0.15) is 12.8 Å². The average Bonchev–Trinajstić information content (AvgIpc) is 2.40. The van der Waals surface area contributed by atoms with E-state index in [4.69, 9.17) is 0 Å². The van der Waals surface area contributed by atoms with E-state index >= 15 is 0 Å². The molecule has 0 unspecified atom stereocenters. The fraction of sp³-hybridized carbons (Fsp3) is 0.385. The molecular formula is C13H19BrN3O3+. The summed E-state index contributed by atoms with van der Waals surface area (Å²) >= 11 is 3.31. The molecule has 110 valence electrons. The Kier molecular flexibility index (Phi) is 7.21. The van der Waals surface area contributed by atoms with E-state index in [0.29, 0.717) is 12.2 Å². The molecule has 1 amide bonds. The Morgan fingerprint density at radius 3 is 2.70 bits per heavy atom. The summed E-state index contributed by atoms with van der Waals surface area (Å²) in [5.41, 5.74) is 4.30. The van der Waals surface area contributed by atoms with Crippen LogP contribution in [0.15, 0.2) is 28.7 Å². The number of hydrogen-bond acceptors (Lipinski definition) is 3. The van der Waals surface area contributed by atoms with Crippen LogP contribution in [0.25, 0.3) is 0 Å². The van der Waals surface area contributed by atoms with Crippen LogP contribution in [-0.2, 0) is 9.59 Å². The Bertz CT molecular complexity index is 468. The van der Waals surface area contributed by atoms with Gasteiger partial charge in [-0.15, -0.1) is 0 Å². The van der Waals surface area contributed by atoms with Crippen molar-refractivity contribution in [3.8, 4) is 0 Å². The van der Waals surface area contributed by atoms with Gasteiger partial charge in [-0.2, -0.15) is 0 Å². The second-order valence-electron chi connectivity index (χ2n) is 4.39. The van der Waals surface area contributed by atoms with Gasteiger partial charge in [0.1, 0.15) is 6.04 Å². The van der Waals surface area contributed by atoms with Crippen molar-refractivity contribution in [3.05, 3.63) is 28.7 Å². The zero-order chi connectivity index (χ0) is 15.0. The summed E-state index contributed by atoms with van der Waals surface area (Å²) in [5, 5.41) is 15.3. The van der Waals surface area contributed by atoms with Gasteiger partial charge in [0.05, 0.1) is 31.2 Å². The zero-order valence-corrected chi connectivity index (χ0v) is 12.7. The zero-order valence-electron chi connectivity index (χ0n) is 11.1. The Balaban J connectivity index is 2.54. The van der Waals surface area contributed by atoms with Gasteiger partial charge in [-0.3, -0.25) is 4.79 Å². The molecule has 1 atom stereocenters. The Hall–Kier alpha value is -1.44. The maximum absolute atomic E-state index is 11.9. The number of hydrogen-bond donors (Lipinski definition) is 3. The summed E-state index contributed by atoms with van der Waals surface area (Å²) in [5.74, 6) is -1.58. The number of amides is 1. The molecule has 0 saturated carbocycles. The highest BCUT2D eigenvalue weighted by molar-refractivity contribution is 9.10. The smallest absolute Gasteiger partial charge is 0.230 e. The standard InChI is InChI=1S/C13H18BrN3O3/c14-9-4-1-2-5-10(9)17-12(18)8-11(13(19)20)16-7-3-6-15/h1-2,4-5,11,16H,3,6-8,15H2,(H,17,18)(H,19,20)/p+1/t11-/m0/s1. The number of carbonyl (C=O) groups excluding carboxylic acids is 2. The predicted octanol–water partition coefficient (Wildman–Crippen LogP) is -1.91. The number of anilines is 1. The quantitative estimate of drug-likeness (QED) is 0.478. The highest BCUT2D eigenvalue weighted by Gasteiger charge is 2.18. The van der Waals surface area contributed by atoms with Crippen LogP contribution in [0.4, 0.5) is 5.69 Å². The molecule has 20 heavy (non-hydrogen) atoms. The normalized spacial score (nSPS) is 11.9. The lowest BCUT2D eigenvalue weighted by Crippen LogP contribution is -2.93. The van der Waals surface area contributed by atoms with Crippen molar-refractivity contribution in [2.24, 2.45) is 0 Å². The first kappa shape index (κ1) is 16.6. The first-order valence-electron chi connectivity index (χ1n) is 6.42.